The molecule has 0 aromatic carbocycles. The molecule has 0 aliphatic carbocycles. The third-order valence-electron chi connectivity index (χ3n) is 2.04. The van der Waals surface area contributed by atoms with Gasteiger partial charge in [0, 0.05) is 11.9 Å². The molecule has 1 atom stereocenters. The van der Waals surface area contributed by atoms with Crippen LogP contribution in [0.3, 0.4) is 0 Å². The molecule has 0 aromatic heterocycles. The van der Waals surface area contributed by atoms with E-state index in [1.54, 1.807) is 11.1 Å². The van der Waals surface area contributed by atoms with Gasteiger partial charge in [-0.15, -0.1) is 0 Å². The molecule has 0 bridgehead atoms. The zero-order valence-electron chi connectivity index (χ0n) is 7.16. The fourth-order valence-corrected chi connectivity index (χ4v) is 1.51. The molecule has 2 heterocycles. The number of allylic oxidation sites excluding steroid dienone is 2. The summed E-state index contributed by atoms with van der Waals surface area (Å²) >= 11 is 0. The van der Waals surface area contributed by atoms with Crippen LogP contribution in [0.5, 0.6) is 0 Å². The molecule has 1 unspecified atom stereocenters. The monoisotopic (exact) mass is 177 g/mol. The van der Waals surface area contributed by atoms with Crippen molar-refractivity contribution in [2.24, 2.45) is 4.99 Å². The number of fused-ring (bicyclic) bond motifs is 1. The average Bonchev–Trinajstić information content (AvgIpc) is 2.46. The van der Waals surface area contributed by atoms with Gasteiger partial charge in [-0.3, -0.25) is 4.99 Å². The number of rotatable bonds is 0. The second-order valence-corrected chi connectivity index (χ2v) is 3.14. The van der Waals surface area contributed by atoms with Crippen molar-refractivity contribution >= 4 is 5.71 Å². The van der Waals surface area contributed by atoms with Crippen molar-refractivity contribution in [3.63, 3.8) is 0 Å². The van der Waals surface area contributed by atoms with E-state index in [4.69, 9.17) is 5.26 Å². The first kappa shape index (κ1) is 7.99. The van der Waals surface area contributed by atoms with Crippen LogP contribution in [0.4, 0.5) is 4.39 Å². The summed E-state index contributed by atoms with van der Waals surface area (Å²) < 4.78 is 13.3. The van der Waals surface area contributed by atoms with Gasteiger partial charge in [-0.2, -0.15) is 5.26 Å². The Morgan fingerprint density at radius 2 is 2.54 bits per heavy atom. The zero-order valence-corrected chi connectivity index (χ0v) is 7.16. The van der Waals surface area contributed by atoms with Crippen molar-refractivity contribution < 1.29 is 4.39 Å². The maximum Gasteiger partial charge on any atom is 0.173 e. The van der Waals surface area contributed by atoms with Crippen LogP contribution in [0.25, 0.3) is 0 Å². The van der Waals surface area contributed by atoms with Gasteiger partial charge in [0.2, 0.25) is 0 Å². The summed E-state index contributed by atoms with van der Waals surface area (Å²) in [5, 5.41) is 8.60. The number of halogens is 1. The lowest BCUT2D eigenvalue weighted by Gasteiger charge is -2.22. The summed E-state index contributed by atoms with van der Waals surface area (Å²) in [6.07, 6.45) is 2.37. The van der Waals surface area contributed by atoms with Crippen molar-refractivity contribution in [3.8, 4) is 6.07 Å². The molecule has 0 saturated heterocycles. The highest BCUT2D eigenvalue weighted by Gasteiger charge is 2.29. The van der Waals surface area contributed by atoms with Gasteiger partial charge in [0.25, 0.3) is 0 Å². The summed E-state index contributed by atoms with van der Waals surface area (Å²) in [4.78, 5) is 5.83. The Balaban J connectivity index is 2.35. The lowest BCUT2D eigenvalue weighted by molar-refractivity contribution is 0.328. The van der Waals surface area contributed by atoms with Crippen LogP contribution in [0.2, 0.25) is 0 Å². The number of hydrogen-bond donors (Lipinski definition) is 0. The number of aliphatic imine (C=N–C) groups is 1. The van der Waals surface area contributed by atoms with Crippen molar-refractivity contribution in [1.82, 2.24) is 4.90 Å². The zero-order chi connectivity index (χ0) is 9.42. The van der Waals surface area contributed by atoms with Crippen LogP contribution in [0.1, 0.15) is 6.92 Å². The summed E-state index contributed by atoms with van der Waals surface area (Å²) in [6, 6.07) is 1.91. The van der Waals surface area contributed by atoms with Crippen molar-refractivity contribution in [2.45, 2.75) is 13.1 Å². The van der Waals surface area contributed by atoms with E-state index >= 15 is 0 Å². The maximum absolute atomic E-state index is 13.3. The highest BCUT2D eigenvalue weighted by molar-refractivity contribution is 5.86. The van der Waals surface area contributed by atoms with Crippen molar-refractivity contribution in [1.29, 1.82) is 5.26 Å². The van der Waals surface area contributed by atoms with E-state index in [-0.39, 0.29) is 5.83 Å². The molecular formula is C9H8FN3. The summed E-state index contributed by atoms with van der Waals surface area (Å²) in [5.74, 6) is -0.351. The topological polar surface area (TPSA) is 39.4 Å². The third-order valence-corrected chi connectivity index (χ3v) is 2.04. The van der Waals surface area contributed by atoms with Gasteiger partial charge in [0.15, 0.2) is 6.17 Å². The number of nitriles is 1. The predicted octanol–water partition coefficient (Wildman–Crippen LogP) is 1.36. The molecule has 0 amide bonds. The second-order valence-electron chi connectivity index (χ2n) is 3.14. The van der Waals surface area contributed by atoms with E-state index in [9.17, 15) is 4.39 Å². The van der Waals surface area contributed by atoms with Crippen LogP contribution in [0, 0.1) is 11.3 Å². The minimum Gasteiger partial charge on any atom is -0.344 e. The molecule has 13 heavy (non-hydrogen) atoms. The summed E-state index contributed by atoms with van der Waals surface area (Å²) in [5.41, 5.74) is 1.24. The molecule has 0 fully saturated rings. The lowest BCUT2D eigenvalue weighted by Crippen LogP contribution is -2.28. The Morgan fingerprint density at radius 1 is 1.77 bits per heavy atom. The Kier molecular flexibility index (Phi) is 1.66. The lowest BCUT2D eigenvalue weighted by atomic mass is 10.2. The quantitative estimate of drug-likeness (QED) is 0.560. The minimum absolute atomic E-state index is 0.346. The first-order chi connectivity index (χ1) is 6.20. The van der Waals surface area contributed by atoms with E-state index in [2.05, 4.69) is 4.99 Å². The normalized spacial score (nSPS) is 25.8. The third kappa shape index (κ3) is 1.22. The SMILES string of the molecule is CC1=NC2C(F)=CC(C#N)=CN2C1. The first-order valence-electron chi connectivity index (χ1n) is 3.99. The molecule has 4 heteroatoms. The molecule has 0 aromatic rings. The smallest absolute Gasteiger partial charge is 0.173 e. The average molecular weight is 177 g/mol. The van der Waals surface area contributed by atoms with Gasteiger partial charge >= 0.3 is 0 Å². The van der Waals surface area contributed by atoms with E-state index in [1.165, 1.54) is 6.08 Å². The molecular weight excluding hydrogens is 169 g/mol. The Bertz CT molecular complexity index is 373. The predicted molar refractivity (Wildman–Crippen MR) is 46.5 cm³/mol. The molecule has 66 valence electrons. The second kappa shape index (κ2) is 2.70. The number of hydrogen-bond acceptors (Lipinski definition) is 3. The van der Waals surface area contributed by atoms with Crippen molar-refractivity contribution in [3.05, 3.63) is 23.7 Å². The fourth-order valence-electron chi connectivity index (χ4n) is 1.51. The number of nitrogens with zero attached hydrogens (tertiary/aromatic N) is 3. The Hall–Kier alpha value is -1.63. The fraction of sp³-hybridized carbons (Fsp3) is 0.333. The van der Waals surface area contributed by atoms with Crippen LogP contribution in [-0.4, -0.2) is 23.3 Å². The molecule has 0 N–H and O–H groups in total. The van der Waals surface area contributed by atoms with Crippen LogP contribution in [0.15, 0.2) is 28.7 Å². The molecule has 2 rings (SSSR count). The van der Waals surface area contributed by atoms with Gasteiger partial charge in [0.05, 0.1) is 12.1 Å². The van der Waals surface area contributed by atoms with Gasteiger partial charge < -0.3 is 4.90 Å². The van der Waals surface area contributed by atoms with Crippen LogP contribution < -0.4 is 0 Å². The molecule has 0 saturated carbocycles. The van der Waals surface area contributed by atoms with E-state index < -0.39 is 6.17 Å². The van der Waals surface area contributed by atoms with Gasteiger partial charge in [0.1, 0.15) is 11.9 Å². The molecule has 2 aliphatic rings. The Morgan fingerprint density at radius 3 is 3.23 bits per heavy atom. The van der Waals surface area contributed by atoms with Crippen LogP contribution in [-0.2, 0) is 0 Å². The van der Waals surface area contributed by atoms with E-state index in [1.807, 2.05) is 13.0 Å². The van der Waals surface area contributed by atoms with Gasteiger partial charge in [-0.25, -0.2) is 4.39 Å². The highest BCUT2D eigenvalue weighted by atomic mass is 19.1. The standard InChI is InChI=1S/C9H8FN3/c1-6-4-13-5-7(3-11)2-8(10)9(13)12-6/h2,5,9H,4H2,1H3. The van der Waals surface area contributed by atoms with Gasteiger partial charge in [-0.05, 0) is 13.0 Å². The highest BCUT2D eigenvalue weighted by Crippen LogP contribution is 2.25. The summed E-state index contributed by atoms with van der Waals surface area (Å²) in [6.45, 7) is 2.46. The van der Waals surface area contributed by atoms with E-state index in [0.29, 0.717) is 12.1 Å². The Labute approximate surface area is 75.5 Å². The molecule has 3 nitrogen and oxygen atoms in total. The molecule has 2 aliphatic heterocycles. The van der Waals surface area contributed by atoms with Crippen LogP contribution >= 0.6 is 0 Å². The minimum atomic E-state index is -0.517. The maximum atomic E-state index is 13.3. The largest absolute Gasteiger partial charge is 0.344 e. The van der Waals surface area contributed by atoms with E-state index in [0.717, 1.165) is 5.71 Å². The van der Waals surface area contributed by atoms with Crippen molar-refractivity contribution in [2.75, 3.05) is 6.54 Å². The molecule has 0 spiro atoms. The summed E-state index contributed by atoms with van der Waals surface area (Å²) in [7, 11) is 0. The molecule has 0 radical (unpaired) electrons. The van der Waals surface area contributed by atoms with Gasteiger partial charge in [-0.1, -0.05) is 0 Å². The first-order valence-corrected chi connectivity index (χ1v) is 3.99.